The van der Waals surface area contributed by atoms with Gasteiger partial charge in [0.05, 0.1) is 17.6 Å². The standard InChI is InChI=1S/C22H36O5/c1-14-7-9-22-10-8-16(26-6)18(22)21(14,4)17(27-13-25-5)11-20(3,12-23)19(24)15(22)2/h12,14-18H,7-11,13H2,1-6H3/t14-,15+,16-,17+,18-,20+,21+,22+/m1/s1. The van der Waals surface area contributed by atoms with E-state index in [-0.39, 0.29) is 47.4 Å². The SMILES string of the molecule is COCO[C@H]1C[C@@](C)(C=O)C(=O)[C@H](C)[C@@]23CC[C@@H](C)[C@]1(C)[C@H]2[C@H](OC)CC3. The van der Waals surface area contributed by atoms with Crippen molar-refractivity contribution in [2.24, 2.45) is 34.0 Å². The summed E-state index contributed by atoms with van der Waals surface area (Å²) in [5.41, 5.74) is -1.30. The number of Topliss-reactive ketones (excluding diaryl/α,β-unsaturated/α-hetero) is 1. The zero-order valence-corrected chi connectivity index (χ0v) is 17.7. The van der Waals surface area contributed by atoms with Gasteiger partial charge >= 0.3 is 0 Å². The quantitative estimate of drug-likeness (QED) is 0.414. The molecule has 3 saturated carbocycles. The maximum atomic E-state index is 13.5. The third-order valence-electron chi connectivity index (χ3n) is 8.73. The lowest BCUT2D eigenvalue weighted by Gasteiger charge is -2.61. The highest BCUT2D eigenvalue weighted by Crippen LogP contribution is 2.68. The minimum atomic E-state index is -1.01. The first-order valence-electron chi connectivity index (χ1n) is 10.3. The van der Waals surface area contributed by atoms with Gasteiger partial charge in [-0.05, 0) is 56.3 Å². The van der Waals surface area contributed by atoms with Gasteiger partial charge in [0.25, 0.3) is 0 Å². The molecule has 0 N–H and O–H groups in total. The number of aldehydes is 1. The summed E-state index contributed by atoms with van der Waals surface area (Å²) in [7, 11) is 3.40. The van der Waals surface area contributed by atoms with Crippen LogP contribution in [0.15, 0.2) is 0 Å². The Labute approximate surface area is 163 Å². The number of rotatable bonds is 5. The molecule has 0 radical (unpaired) electrons. The normalized spacial score (nSPS) is 50.0. The van der Waals surface area contributed by atoms with E-state index in [0.717, 1.165) is 32.0 Å². The largest absolute Gasteiger partial charge is 0.381 e. The van der Waals surface area contributed by atoms with Gasteiger partial charge in [0.1, 0.15) is 18.9 Å². The Balaban J connectivity index is 2.19. The van der Waals surface area contributed by atoms with Gasteiger partial charge in [0, 0.05) is 25.6 Å². The van der Waals surface area contributed by atoms with Crippen LogP contribution in [0.3, 0.4) is 0 Å². The molecule has 5 nitrogen and oxygen atoms in total. The first-order chi connectivity index (χ1) is 12.7. The number of hydrogen-bond acceptors (Lipinski definition) is 5. The summed E-state index contributed by atoms with van der Waals surface area (Å²) in [6.07, 6.45) is 5.22. The van der Waals surface area contributed by atoms with Gasteiger partial charge in [-0.25, -0.2) is 0 Å². The van der Waals surface area contributed by atoms with Crippen LogP contribution in [0.5, 0.6) is 0 Å². The van der Waals surface area contributed by atoms with Crippen molar-refractivity contribution in [1.29, 1.82) is 0 Å². The molecule has 154 valence electrons. The van der Waals surface area contributed by atoms with Crippen LogP contribution < -0.4 is 0 Å². The lowest BCUT2D eigenvalue weighted by Crippen LogP contribution is -2.63. The second kappa shape index (κ2) is 7.23. The Morgan fingerprint density at radius 2 is 1.81 bits per heavy atom. The summed E-state index contributed by atoms with van der Waals surface area (Å²) in [5.74, 6) is 0.593. The van der Waals surface area contributed by atoms with Crippen molar-refractivity contribution in [1.82, 2.24) is 0 Å². The van der Waals surface area contributed by atoms with Crippen molar-refractivity contribution in [2.75, 3.05) is 21.0 Å². The Morgan fingerprint density at radius 3 is 2.41 bits per heavy atom. The zero-order chi connectivity index (χ0) is 20.0. The van der Waals surface area contributed by atoms with E-state index in [1.807, 2.05) is 0 Å². The van der Waals surface area contributed by atoms with Crippen molar-refractivity contribution >= 4 is 12.1 Å². The number of ether oxygens (including phenoxy) is 3. The zero-order valence-electron chi connectivity index (χ0n) is 17.7. The van der Waals surface area contributed by atoms with E-state index in [1.165, 1.54) is 0 Å². The predicted molar refractivity (Wildman–Crippen MR) is 102 cm³/mol. The Morgan fingerprint density at radius 1 is 1.15 bits per heavy atom. The molecule has 0 heterocycles. The molecule has 3 aliphatic carbocycles. The highest BCUT2D eigenvalue weighted by molar-refractivity contribution is 5.99. The van der Waals surface area contributed by atoms with Crippen molar-refractivity contribution in [2.45, 2.75) is 72.0 Å². The molecule has 3 aliphatic rings. The summed E-state index contributed by atoms with van der Waals surface area (Å²) in [4.78, 5) is 25.6. The van der Waals surface area contributed by atoms with Gasteiger partial charge in [-0.2, -0.15) is 0 Å². The summed E-state index contributed by atoms with van der Waals surface area (Å²) in [5, 5.41) is 0. The molecule has 5 heteroatoms. The molecule has 0 amide bonds. The van der Waals surface area contributed by atoms with Crippen molar-refractivity contribution < 1.29 is 23.8 Å². The number of carbonyl (C=O) groups excluding carboxylic acids is 2. The van der Waals surface area contributed by atoms with E-state index in [2.05, 4.69) is 20.8 Å². The van der Waals surface area contributed by atoms with Crippen molar-refractivity contribution in [3.8, 4) is 0 Å². The second-order valence-electron chi connectivity index (χ2n) is 9.72. The van der Waals surface area contributed by atoms with E-state index in [0.29, 0.717) is 12.3 Å². The third kappa shape index (κ3) is 2.84. The van der Waals surface area contributed by atoms with Gasteiger partial charge < -0.3 is 19.0 Å². The van der Waals surface area contributed by atoms with Gasteiger partial charge in [0.15, 0.2) is 0 Å². The average Bonchev–Trinajstić information content (AvgIpc) is 3.07. The molecule has 0 aromatic rings. The minimum Gasteiger partial charge on any atom is -0.381 e. The van der Waals surface area contributed by atoms with Crippen LogP contribution in [0.2, 0.25) is 0 Å². The fourth-order valence-corrected chi connectivity index (χ4v) is 6.94. The van der Waals surface area contributed by atoms with Crippen LogP contribution in [-0.4, -0.2) is 45.3 Å². The molecule has 0 spiro atoms. The van der Waals surface area contributed by atoms with Crippen LogP contribution in [0.4, 0.5) is 0 Å². The molecule has 0 aliphatic heterocycles. The van der Waals surface area contributed by atoms with Crippen LogP contribution in [0.1, 0.15) is 59.8 Å². The van der Waals surface area contributed by atoms with E-state index in [1.54, 1.807) is 21.1 Å². The van der Waals surface area contributed by atoms with Gasteiger partial charge in [-0.15, -0.1) is 0 Å². The molecule has 8 atom stereocenters. The number of hydrogen-bond donors (Lipinski definition) is 0. The Kier molecular flexibility index (Phi) is 5.61. The lowest BCUT2D eigenvalue weighted by atomic mass is 9.44. The molecule has 2 bridgehead atoms. The smallest absolute Gasteiger partial charge is 0.149 e. The molecule has 0 aromatic carbocycles. The fraction of sp³-hybridized carbons (Fsp3) is 0.909. The average molecular weight is 381 g/mol. The van der Waals surface area contributed by atoms with Crippen molar-refractivity contribution in [3.63, 3.8) is 0 Å². The number of methoxy groups -OCH3 is 2. The van der Waals surface area contributed by atoms with Gasteiger partial charge in [-0.1, -0.05) is 20.8 Å². The van der Waals surface area contributed by atoms with Gasteiger partial charge in [0.2, 0.25) is 0 Å². The Bertz CT molecular complexity index is 591. The van der Waals surface area contributed by atoms with E-state index in [4.69, 9.17) is 14.2 Å². The molecule has 0 aromatic heterocycles. The first-order valence-corrected chi connectivity index (χ1v) is 10.3. The predicted octanol–water partition coefficient (Wildman–Crippen LogP) is 3.64. The maximum absolute atomic E-state index is 13.5. The summed E-state index contributed by atoms with van der Waals surface area (Å²) in [6.45, 7) is 8.63. The second-order valence-corrected chi connectivity index (χ2v) is 9.72. The number of carbonyl (C=O) groups is 2. The van der Waals surface area contributed by atoms with Gasteiger partial charge in [-0.3, -0.25) is 4.79 Å². The number of ketones is 1. The Hall–Kier alpha value is -0.780. The molecule has 3 fully saturated rings. The highest BCUT2D eigenvalue weighted by Gasteiger charge is 2.68. The van der Waals surface area contributed by atoms with E-state index >= 15 is 0 Å². The summed E-state index contributed by atoms with van der Waals surface area (Å²) < 4.78 is 17.4. The monoisotopic (exact) mass is 380 g/mol. The molecule has 0 saturated heterocycles. The molecule has 27 heavy (non-hydrogen) atoms. The minimum absolute atomic E-state index is 0.0712. The van der Waals surface area contributed by atoms with Crippen LogP contribution in [-0.2, 0) is 23.8 Å². The molecule has 3 rings (SSSR count). The molecule has 0 unspecified atom stereocenters. The maximum Gasteiger partial charge on any atom is 0.149 e. The lowest BCUT2D eigenvalue weighted by molar-refractivity contribution is -0.218. The van der Waals surface area contributed by atoms with E-state index in [9.17, 15) is 9.59 Å². The van der Waals surface area contributed by atoms with Crippen LogP contribution >= 0.6 is 0 Å². The van der Waals surface area contributed by atoms with Crippen LogP contribution in [0.25, 0.3) is 0 Å². The topological polar surface area (TPSA) is 61.8 Å². The molecular formula is C22H36O5. The van der Waals surface area contributed by atoms with E-state index < -0.39 is 5.41 Å². The fourth-order valence-electron chi connectivity index (χ4n) is 6.94. The van der Waals surface area contributed by atoms with Crippen molar-refractivity contribution in [3.05, 3.63) is 0 Å². The highest BCUT2D eigenvalue weighted by atomic mass is 16.7. The molecular weight excluding hydrogens is 344 g/mol. The summed E-state index contributed by atoms with van der Waals surface area (Å²) in [6, 6.07) is 0. The summed E-state index contributed by atoms with van der Waals surface area (Å²) >= 11 is 0. The first kappa shape index (κ1) is 20.9. The van der Waals surface area contributed by atoms with Crippen LogP contribution in [0, 0.1) is 34.0 Å². The third-order valence-corrected chi connectivity index (χ3v) is 8.73.